The number of alkyl halides is 1. The van der Waals surface area contributed by atoms with E-state index in [2.05, 4.69) is 24.3 Å². The van der Waals surface area contributed by atoms with Gasteiger partial charge in [-0.3, -0.25) is 0 Å². The lowest BCUT2D eigenvalue weighted by molar-refractivity contribution is 0.102. The van der Waals surface area contributed by atoms with E-state index in [4.69, 9.17) is 16.3 Å². The van der Waals surface area contributed by atoms with Gasteiger partial charge < -0.3 is 4.74 Å². The van der Waals surface area contributed by atoms with Crippen LogP contribution in [0.15, 0.2) is 30.3 Å². The molecule has 0 aliphatic carbocycles. The quantitative estimate of drug-likeness (QED) is 0.493. The maximum Gasteiger partial charge on any atom is 0.0585 e. The van der Waals surface area contributed by atoms with Crippen molar-refractivity contribution in [2.45, 2.75) is 56.4 Å². The maximum absolute atomic E-state index is 6.39. The summed E-state index contributed by atoms with van der Waals surface area (Å²) in [7, 11) is 0. The lowest BCUT2D eigenvalue weighted by Gasteiger charge is -2.11. The zero-order chi connectivity index (χ0) is 12.6. The second-order valence-electron chi connectivity index (χ2n) is 5.15. The van der Waals surface area contributed by atoms with Gasteiger partial charge in [0.05, 0.1) is 11.5 Å². The molecule has 0 aromatic heterocycles. The zero-order valence-corrected chi connectivity index (χ0v) is 11.7. The molecule has 0 spiro atoms. The van der Waals surface area contributed by atoms with Gasteiger partial charge in [0.2, 0.25) is 0 Å². The molecule has 2 atom stereocenters. The first-order valence-electron chi connectivity index (χ1n) is 7.17. The first-order valence-corrected chi connectivity index (χ1v) is 7.60. The Morgan fingerprint density at radius 3 is 2.72 bits per heavy atom. The molecule has 100 valence electrons. The van der Waals surface area contributed by atoms with Crippen LogP contribution < -0.4 is 0 Å². The van der Waals surface area contributed by atoms with Crippen molar-refractivity contribution < 1.29 is 4.74 Å². The third-order valence-corrected chi connectivity index (χ3v) is 4.14. The zero-order valence-electron chi connectivity index (χ0n) is 11.0. The Bertz CT molecular complexity index is 319. The highest BCUT2D eigenvalue weighted by atomic mass is 35.5. The second-order valence-corrected chi connectivity index (χ2v) is 5.68. The van der Waals surface area contributed by atoms with Crippen molar-refractivity contribution in [1.82, 2.24) is 0 Å². The molecule has 1 aromatic rings. The average molecular weight is 267 g/mol. The number of ether oxygens (including phenoxy) is 1. The molecule has 1 aliphatic heterocycles. The lowest BCUT2D eigenvalue weighted by Crippen LogP contribution is -2.03. The van der Waals surface area contributed by atoms with E-state index in [1.165, 1.54) is 44.1 Å². The van der Waals surface area contributed by atoms with Crippen LogP contribution in [-0.4, -0.2) is 12.7 Å². The number of hydrogen-bond donors (Lipinski definition) is 0. The van der Waals surface area contributed by atoms with Gasteiger partial charge in [-0.2, -0.15) is 0 Å². The fraction of sp³-hybridized carbons (Fsp3) is 0.625. The van der Waals surface area contributed by atoms with Crippen LogP contribution in [0.5, 0.6) is 0 Å². The average Bonchev–Trinajstić information content (AvgIpc) is 2.92. The molecular formula is C16H23ClO. The molecule has 0 radical (unpaired) electrons. The molecule has 18 heavy (non-hydrogen) atoms. The van der Waals surface area contributed by atoms with Gasteiger partial charge in [0, 0.05) is 6.61 Å². The van der Waals surface area contributed by atoms with Crippen LogP contribution in [0.2, 0.25) is 0 Å². The smallest absolute Gasteiger partial charge is 0.0585 e. The number of benzene rings is 1. The molecule has 1 aromatic carbocycles. The van der Waals surface area contributed by atoms with Crippen LogP contribution in [0.1, 0.15) is 55.9 Å². The number of unbranched alkanes of at least 4 members (excludes halogenated alkanes) is 2. The Hall–Kier alpha value is -0.530. The Morgan fingerprint density at radius 2 is 2.00 bits per heavy atom. The fourth-order valence-electron chi connectivity index (χ4n) is 2.57. The lowest BCUT2D eigenvalue weighted by atomic mass is 10.0. The van der Waals surface area contributed by atoms with Gasteiger partial charge in [-0.25, -0.2) is 0 Å². The monoisotopic (exact) mass is 266 g/mol. The van der Waals surface area contributed by atoms with Gasteiger partial charge in [0.25, 0.3) is 0 Å². The fourth-order valence-corrected chi connectivity index (χ4v) is 2.87. The third-order valence-electron chi connectivity index (χ3n) is 3.67. The van der Waals surface area contributed by atoms with Crippen LogP contribution in [0, 0.1) is 0 Å². The summed E-state index contributed by atoms with van der Waals surface area (Å²) in [5, 5.41) is 0.175. The molecule has 1 saturated heterocycles. The summed E-state index contributed by atoms with van der Waals surface area (Å²) in [6, 6.07) is 10.4. The SMILES string of the molecule is ClC(CCCCCC1CCCO1)c1ccccc1. The van der Waals surface area contributed by atoms with Crippen molar-refractivity contribution in [3.63, 3.8) is 0 Å². The molecule has 0 saturated carbocycles. The van der Waals surface area contributed by atoms with E-state index in [-0.39, 0.29) is 5.38 Å². The molecule has 2 unspecified atom stereocenters. The molecular weight excluding hydrogens is 244 g/mol. The highest BCUT2D eigenvalue weighted by molar-refractivity contribution is 6.20. The van der Waals surface area contributed by atoms with Crippen molar-refractivity contribution in [3.8, 4) is 0 Å². The van der Waals surface area contributed by atoms with E-state index < -0.39 is 0 Å². The summed E-state index contributed by atoms with van der Waals surface area (Å²) in [4.78, 5) is 0. The van der Waals surface area contributed by atoms with E-state index in [1.807, 2.05) is 6.07 Å². The summed E-state index contributed by atoms with van der Waals surface area (Å²) in [6.45, 7) is 0.975. The molecule has 2 rings (SSSR count). The number of rotatable bonds is 7. The van der Waals surface area contributed by atoms with Crippen molar-refractivity contribution in [3.05, 3.63) is 35.9 Å². The van der Waals surface area contributed by atoms with Crippen molar-refractivity contribution in [2.75, 3.05) is 6.61 Å². The first-order chi connectivity index (χ1) is 8.86. The summed E-state index contributed by atoms with van der Waals surface area (Å²) in [5.74, 6) is 0. The highest BCUT2D eigenvalue weighted by Gasteiger charge is 2.14. The molecule has 0 amide bonds. The van der Waals surface area contributed by atoms with Gasteiger partial charge in [0.15, 0.2) is 0 Å². The number of hydrogen-bond acceptors (Lipinski definition) is 1. The molecule has 1 fully saturated rings. The van der Waals surface area contributed by atoms with E-state index in [0.717, 1.165) is 13.0 Å². The molecule has 1 nitrogen and oxygen atoms in total. The Balaban J connectivity index is 1.55. The Labute approximate surface area is 115 Å². The standard InChI is InChI=1S/C16H23ClO/c17-16(14-8-3-1-4-9-14)12-6-2-5-10-15-11-7-13-18-15/h1,3-4,8-9,15-16H,2,5-7,10-13H2. The summed E-state index contributed by atoms with van der Waals surface area (Å²) in [5.41, 5.74) is 1.25. The van der Waals surface area contributed by atoms with E-state index in [1.54, 1.807) is 0 Å². The van der Waals surface area contributed by atoms with Crippen LogP contribution >= 0.6 is 11.6 Å². The normalized spacial score (nSPS) is 21.1. The van der Waals surface area contributed by atoms with E-state index >= 15 is 0 Å². The predicted molar refractivity (Wildman–Crippen MR) is 77.1 cm³/mol. The Morgan fingerprint density at radius 1 is 1.17 bits per heavy atom. The van der Waals surface area contributed by atoms with Gasteiger partial charge >= 0.3 is 0 Å². The van der Waals surface area contributed by atoms with Crippen LogP contribution in [0.4, 0.5) is 0 Å². The van der Waals surface area contributed by atoms with Gasteiger partial charge in [-0.1, -0.05) is 49.6 Å². The van der Waals surface area contributed by atoms with Crippen molar-refractivity contribution >= 4 is 11.6 Å². The van der Waals surface area contributed by atoms with Crippen molar-refractivity contribution in [1.29, 1.82) is 0 Å². The summed E-state index contributed by atoms with van der Waals surface area (Å²) >= 11 is 6.39. The highest BCUT2D eigenvalue weighted by Crippen LogP contribution is 2.26. The number of halogens is 1. The molecule has 0 N–H and O–H groups in total. The van der Waals surface area contributed by atoms with Gasteiger partial charge in [-0.05, 0) is 31.2 Å². The molecule has 1 aliphatic rings. The van der Waals surface area contributed by atoms with Gasteiger partial charge in [-0.15, -0.1) is 11.6 Å². The van der Waals surface area contributed by atoms with Crippen molar-refractivity contribution in [2.24, 2.45) is 0 Å². The molecule has 1 heterocycles. The van der Waals surface area contributed by atoms with E-state index in [9.17, 15) is 0 Å². The molecule has 0 bridgehead atoms. The van der Waals surface area contributed by atoms with E-state index in [0.29, 0.717) is 6.10 Å². The van der Waals surface area contributed by atoms with Crippen LogP contribution in [0.3, 0.4) is 0 Å². The maximum atomic E-state index is 6.39. The largest absolute Gasteiger partial charge is 0.378 e. The first kappa shape index (κ1) is 13.9. The minimum absolute atomic E-state index is 0.175. The van der Waals surface area contributed by atoms with Crippen LogP contribution in [0.25, 0.3) is 0 Å². The second kappa shape index (κ2) is 7.81. The minimum atomic E-state index is 0.175. The summed E-state index contributed by atoms with van der Waals surface area (Å²) < 4.78 is 5.62. The predicted octanol–water partition coefficient (Wildman–Crippen LogP) is 5.10. The van der Waals surface area contributed by atoms with Crippen LogP contribution in [-0.2, 0) is 4.74 Å². The van der Waals surface area contributed by atoms with Gasteiger partial charge in [0.1, 0.15) is 0 Å². The topological polar surface area (TPSA) is 9.23 Å². The molecule has 2 heteroatoms. The minimum Gasteiger partial charge on any atom is -0.378 e. The summed E-state index contributed by atoms with van der Waals surface area (Å²) in [6.07, 6.45) is 9.15. The third kappa shape index (κ3) is 4.62. The Kier molecular flexibility index (Phi) is 6.02.